The van der Waals surface area contributed by atoms with Crippen LogP contribution in [0.15, 0.2) is 18.7 Å². The predicted molar refractivity (Wildman–Crippen MR) is 87.7 cm³/mol. The number of hydrogen-bond donors (Lipinski definition) is 1. The summed E-state index contributed by atoms with van der Waals surface area (Å²) in [6.45, 7) is 3.27. The lowest BCUT2D eigenvalue weighted by Crippen LogP contribution is -2.60. The molecule has 4 rings (SSSR count). The molecule has 0 aliphatic carbocycles. The Morgan fingerprint density at radius 3 is 2.75 bits per heavy atom. The molecule has 3 aromatic rings. The maximum atomic E-state index is 12.3. The van der Waals surface area contributed by atoms with Crippen molar-refractivity contribution in [1.29, 1.82) is 0 Å². The van der Waals surface area contributed by atoms with Crippen LogP contribution in [0, 0.1) is 6.92 Å². The van der Waals surface area contributed by atoms with Gasteiger partial charge in [0.15, 0.2) is 17.0 Å². The zero-order valence-electron chi connectivity index (χ0n) is 13.8. The summed E-state index contributed by atoms with van der Waals surface area (Å²) in [5.41, 5.74) is 2.99. The summed E-state index contributed by atoms with van der Waals surface area (Å²) in [6.07, 6.45) is 3.27. The number of carbonyl (C=O) groups is 1. The Balaban J connectivity index is 1.44. The number of aromatic nitrogens is 6. The Kier molecular flexibility index (Phi) is 3.22. The highest BCUT2D eigenvalue weighted by atomic mass is 16.2. The molecule has 0 saturated carbocycles. The number of nitrogens with zero attached hydrogens (tertiary/aromatic N) is 7. The summed E-state index contributed by atoms with van der Waals surface area (Å²) in [7, 11) is 3.68. The highest BCUT2D eigenvalue weighted by Crippen LogP contribution is 2.25. The van der Waals surface area contributed by atoms with Crippen LogP contribution < -0.4 is 10.2 Å². The molecule has 1 aliphatic heterocycles. The van der Waals surface area contributed by atoms with Gasteiger partial charge in [-0.3, -0.25) is 9.48 Å². The molecule has 0 aromatic carbocycles. The molecule has 0 radical (unpaired) electrons. The first-order valence-electron chi connectivity index (χ1n) is 7.71. The normalized spacial score (nSPS) is 14.9. The zero-order valence-corrected chi connectivity index (χ0v) is 13.8. The van der Waals surface area contributed by atoms with Crippen LogP contribution >= 0.6 is 0 Å². The average molecular weight is 326 g/mol. The van der Waals surface area contributed by atoms with Crippen LogP contribution in [0.4, 0.5) is 5.82 Å². The van der Waals surface area contributed by atoms with E-state index in [0.29, 0.717) is 18.8 Å². The quantitative estimate of drug-likeness (QED) is 0.729. The van der Waals surface area contributed by atoms with Gasteiger partial charge < -0.3 is 14.8 Å². The van der Waals surface area contributed by atoms with Crippen molar-refractivity contribution in [2.75, 3.05) is 18.0 Å². The van der Waals surface area contributed by atoms with E-state index in [2.05, 4.69) is 30.3 Å². The molecule has 1 fully saturated rings. The molecule has 1 amide bonds. The number of fused-ring (bicyclic) bond motifs is 1. The second-order valence-corrected chi connectivity index (χ2v) is 6.09. The second kappa shape index (κ2) is 5.29. The molecule has 4 heterocycles. The third-order valence-corrected chi connectivity index (χ3v) is 4.23. The van der Waals surface area contributed by atoms with E-state index in [1.165, 1.54) is 0 Å². The zero-order chi connectivity index (χ0) is 16.8. The summed E-state index contributed by atoms with van der Waals surface area (Å²) >= 11 is 0. The Morgan fingerprint density at radius 2 is 2.04 bits per heavy atom. The second-order valence-electron chi connectivity index (χ2n) is 6.09. The minimum atomic E-state index is -0.103. The molecule has 24 heavy (non-hydrogen) atoms. The number of aryl methyl sites for hydroxylation is 3. The number of rotatable bonds is 3. The molecule has 0 bridgehead atoms. The van der Waals surface area contributed by atoms with E-state index in [-0.39, 0.29) is 11.9 Å². The highest BCUT2D eigenvalue weighted by Gasteiger charge is 2.31. The first kappa shape index (κ1) is 14.6. The van der Waals surface area contributed by atoms with Crippen LogP contribution in [0.5, 0.6) is 0 Å². The number of nitrogens with one attached hydrogen (secondary N) is 1. The summed E-state index contributed by atoms with van der Waals surface area (Å²) in [6, 6.07) is 1.87. The lowest BCUT2D eigenvalue weighted by molar-refractivity contribution is 0.0920. The minimum absolute atomic E-state index is 0.0847. The van der Waals surface area contributed by atoms with Crippen LogP contribution in [0.25, 0.3) is 11.2 Å². The molecule has 0 unspecified atom stereocenters. The first-order chi connectivity index (χ1) is 11.5. The Labute approximate surface area is 138 Å². The third-order valence-electron chi connectivity index (χ3n) is 4.23. The van der Waals surface area contributed by atoms with Gasteiger partial charge in [-0.05, 0) is 13.0 Å². The molecular formula is C15H18N8O. The Hall–Kier alpha value is -2.97. The molecule has 1 aliphatic rings. The largest absolute Gasteiger partial charge is 0.350 e. The van der Waals surface area contributed by atoms with Gasteiger partial charge in [-0.25, -0.2) is 15.0 Å². The fraction of sp³-hybridized carbons (Fsp3) is 0.400. The number of anilines is 1. The first-order valence-corrected chi connectivity index (χ1v) is 7.71. The van der Waals surface area contributed by atoms with Gasteiger partial charge in [0, 0.05) is 27.2 Å². The lowest BCUT2D eigenvalue weighted by atomic mass is 10.1. The minimum Gasteiger partial charge on any atom is -0.350 e. The highest BCUT2D eigenvalue weighted by molar-refractivity contribution is 5.93. The van der Waals surface area contributed by atoms with Crippen molar-refractivity contribution in [1.82, 2.24) is 34.6 Å². The summed E-state index contributed by atoms with van der Waals surface area (Å²) in [4.78, 5) is 27.4. The van der Waals surface area contributed by atoms with Crippen molar-refractivity contribution in [3.63, 3.8) is 0 Å². The van der Waals surface area contributed by atoms with Gasteiger partial charge in [-0.2, -0.15) is 5.10 Å². The SMILES string of the molecule is Cc1cc(C(=O)NC2CN(c3ncnc4c3ncn4C)C2)n(C)n1. The molecule has 3 aromatic heterocycles. The van der Waals surface area contributed by atoms with Crippen LogP contribution in [0.1, 0.15) is 16.2 Å². The molecule has 9 nitrogen and oxygen atoms in total. The average Bonchev–Trinajstić information content (AvgIpc) is 3.05. The monoisotopic (exact) mass is 326 g/mol. The molecular weight excluding hydrogens is 308 g/mol. The smallest absolute Gasteiger partial charge is 0.269 e. The lowest BCUT2D eigenvalue weighted by Gasteiger charge is -2.40. The summed E-state index contributed by atoms with van der Waals surface area (Å²) in [5, 5.41) is 7.23. The van der Waals surface area contributed by atoms with E-state index in [4.69, 9.17) is 0 Å². The van der Waals surface area contributed by atoms with Crippen molar-refractivity contribution in [3.05, 3.63) is 30.1 Å². The molecule has 1 saturated heterocycles. The fourth-order valence-electron chi connectivity index (χ4n) is 2.99. The molecule has 9 heteroatoms. The van der Waals surface area contributed by atoms with Crippen molar-refractivity contribution in [3.8, 4) is 0 Å². The van der Waals surface area contributed by atoms with Gasteiger partial charge in [0.25, 0.3) is 5.91 Å². The number of imidazole rings is 1. The Morgan fingerprint density at radius 1 is 1.25 bits per heavy atom. The van der Waals surface area contributed by atoms with Crippen molar-refractivity contribution >= 4 is 22.9 Å². The summed E-state index contributed by atoms with van der Waals surface area (Å²) in [5.74, 6) is 0.705. The maximum Gasteiger partial charge on any atom is 0.269 e. The predicted octanol–water partition coefficient (Wildman–Crippen LogP) is 0.0238. The van der Waals surface area contributed by atoms with Crippen molar-refractivity contribution in [2.24, 2.45) is 14.1 Å². The van der Waals surface area contributed by atoms with Gasteiger partial charge >= 0.3 is 0 Å². The molecule has 0 atom stereocenters. The van der Waals surface area contributed by atoms with E-state index in [0.717, 1.165) is 22.7 Å². The number of carbonyl (C=O) groups excluding carboxylic acids is 1. The van der Waals surface area contributed by atoms with Crippen LogP contribution in [0.3, 0.4) is 0 Å². The van der Waals surface area contributed by atoms with Crippen LogP contribution in [-0.4, -0.2) is 54.3 Å². The fourth-order valence-corrected chi connectivity index (χ4v) is 2.99. The van der Waals surface area contributed by atoms with E-state index >= 15 is 0 Å². The van der Waals surface area contributed by atoms with Gasteiger partial charge in [-0.15, -0.1) is 0 Å². The summed E-state index contributed by atoms with van der Waals surface area (Å²) < 4.78 is 3.47. The van der Waals surface area contributed by atoms with Gasteiger partial charge in [0.05, 0.1) is 18.1 Å². The standard InChI is InChI=1S/C15H18N8O/c1-9-4-11(22(3)20-9)15(24)19-10-5-23(6-10)14-12-13(16-7-17-14)21(2)8-18-12/h4,7-8,10H,5-6H2,1-3H3,(H,19,24). The van der Waals surface area contributed by atoms with Gasteiger partial charge in [0.2, 0.25) is 0 Å². The van der Waals surface area contributed by atoms with E-state index in [9.17, 15) is 4.79 Å². The van der Waals surface area contributed by atoms with Crippen molar-refractivity contribution in [2.45, 2.75) is 13.0 Å². The maximum absolute atomic E-state index is 12.3. The third kappa shape index (κ3) is 2.29. The van der Waals surface area contributed by atoms with E-state index in [1.54, 1.807) is 30.5 Å². The van der Waals surface area contributed by atoms with Gasteiger partial charge in [-0.1, -0.05) is 0 Å². The molecule has 1 N–H and O–H groups in total. The number of amides is 1. The van der Waals surface area contributed by atoms with Crippen molar-refractivity contribution < 1.29 is 4.79 Å². The topological polar surface area (TPSA) is 93.8 Å². The van der Waals surface area contributed by atoms with E-state index < -0.39 is 0 Å². The molecule has 0 spiro atoms. The number of hydrogen-bond acceptors (Lipinski definition) is 6. The molecule has 124 valence electrons. The van der Waals surface area contributed by atoms with Gasteiger partial charge in [0.1, 0.15) is 12.0 Å². The van der Waals surface area contributed by atoms with E-state index in [1.807, 2.05) is 18.5 Å². The van der Waals surface area contributed by atoms with Crippen LogP contribution in [0.2, 0.25) is 0 Å². The van der Waals surface area contributed by atoms with Crippen LogP contribution in [-0.2, 0) is 14.1 Å². The Bertz CT molecular complexity index is 921.